The van der Waals surface area contributed by atoms with Gasteiger partial charge in [0.25, 0.3) is 0 Å². The molecule has 1 N–H and O–H groups in total. The average molecular weight is 363 g/mol. The Labute approximate surface area is 134 Å². The lowest BCUT2D eigenvalue weighted by Gasteiger charge is -2.10. The third-order valence-electron chi connectivity index (χ3n) is 3.28. The van der Waals surface area contributed by atoms with Gasteiger partial charge in [-0.1, -0.05) is 17.7 Å². The quantitative estimate of drug-likeness (QED) is 0.714. The van der Waals surface area contributed by atoms with Crippen LogP contribution in [0, 0.1) is 0 Å². The highest BCUT2D eigenvalue weighted by atomic mass is 79.9. The summed E-state index contributed by atoms with van der Waals surface area (Å²) in [6.07, 6.45) is 3.65. The number of hydrogen-bond donors (Lipinski definition) is 1. The molecule has 0 bridgehead atoms. The van der Waals surface area contributed by atoms with E-state index >= 15 is 0 Å². The van der Waals surface area contributed by atoms with Crippen molar-refractivity contribution < 1.29 is 9.47 Å². The number of hydrogen-bond acceptors (Lipinski definition) is 3. The van der Waals surface area contributed by atoms with Crippen molar-refractivity contribution in [2.45, 2.75) is 31.9 Å². The molecule has 1 heterocycles. The topological polar surface area (TPSA) is 30.5 Å². The normalized spacial score (nSPS) is 18.6. The highest BCUT2D eigenvalue weighted by Crippen LogP contribution is 2.23. The lowest BCUT2D eigenvalue weighted by molar-refractivity contribution is 0.0166. The van der Waals surface area contributed by atoms with Crippen LogP contribution in [0.3, 0.4) is 0 Å². The highest BCUT2D eigenvalue weighted by Gasteiger charge is 2.14. The molecule has 1 aromatic rings. The second-order valence-corrected chi connectivity index (χ2v) is 6.25. The molecule has 0 aliphatic carbocycles. The van der Waals surface area contributed by atoms with E-state index in [9.17, 15) is 0 Å². The van der Waals surface area contributed by atoms with E-state index < -0.39 is 0 Å². The van der Waals surface area contributed by atoms with Gasteiger partial charge in [-0.05, 0) is 59.4 Å². The van der Waals surface area contributed by atoms with E-state index in [1.807, 2.05) is 12.1 Å². The highest BCUT2D eigenvalue weighted by molar-refractivity contribution is 9.10. The second-order valence-electron chi connectivity index (χ2n) is 4.99. The van der Waals surface area contributed by atoms with Crippen molar-refractivity contribution in [3.63, 3.8) is 0 Å². The summed E-state index contributed by atoms with van der Waals surface area (Å²) in [6.45, 7) is 4.19. The van der Waals surface area contributed by atoms with Crippen molar-refractivity contribution in [3.05, 3.63) is 33.3 Å². The summed E-state index contributed by atoms with van der Waals surface area (Å²) < 4.78 is 12.1. The van der Waals surface area contributed by atoms with E-state index in [-0.39, 0.29) is 0 Å². The van der Waals surface area contributed by atoms with Gasteiger partial charge in [-0.2, -0.15) is 0 Å². The van der Waals surface area contributed by atoms with Crippen molar-refractivity contribution >= 4 is 27.5 Å². The van der Waals surface area contributed by atoms with Crippen LogP contribution in [0.15, 0.2) is 22.7 Å². The summed E-state index contributed by atoms with van der Waals surface area (Å²) in [5.41, 5.74) is 1.19. The van der Waals surface area contributed by atoms with Gasteiger partial charge in [0.05, 0.1) is 17.7 Å². The lowest BCUT2D eigenvalue weighted by atomic mass is 10.2. The minimum atomic E-state index is 0.327. The van der Waals surface area contributed by atoms with Crippen LogP contribution in [0.1, 0.15) is 24.8 Å². The van der Waals surface area contributed by atoms with Gasteiger partial charge in [-0.25, -0.2) is 0 Å². The Kier molecular flexibility index (Phi) is 7.31. The van der Waals surface area contributed by atoms with Crippen LogP contribution < -0.4 is 5.32 Å². The smallest absolute Gasteiger partial charge is 0.0809 e. The van der Waals surface area contributed by atoms with Gasteiger partial charge in [0.15, 0.2) is 0 Å². The Balaban J connectivity index is 1.49. The first-order chi connectivity index (χ1) is 9.75. The molecule has 1 fully saturated rings. The predicted octanol–water partition coefficient (Wildman–Crippen LogP) is 3.78. The van der Waals surface area contributed by atoms with Crippen molar-refractivity contribution in [2.24, 2.45) is 0 Å². The Morgan fingerprint density at radius 2 is 2.35 bits per heavy atom. The standard InChI is InChI=1S/C15H21BrClNO2/c16-14-5-4-12(9-15(14)17)10-18-6-2-7-19-11-13-3-1-8-20-13/h4-5,9,13,18H,1-3,6-8,10-11H2. The number of rotatable bonds is 8. The molecule has 1 aromatic carbocycles. The predicted molar refractivity (Wildman–Crippen MR) is 85.3 cm³/mol. The van der Waals surface area contributed by atoms with Crippen molar-refractivity contribution in [3.8, 4) is 0 Å². The zero-order valence-electron chi connectivity index (χ0n) is 11.5. The van der Waals surface area contributed by atoms with Crippen LogP contribution >= 0.6 is 27.5 Å². The first kappa shape index (κ1) is 16.2. The molecule has 0 amide bonds. The van der Waals surface area contributed by atoms with Crippen LogP contribution in [0.25, 0.3) is 0 Å². The zero-order chi connectivity index (χ0) is 14.2. The molecule has 112 valence electrons. The lowest BCUT2D eigenvalue weighted by Crippen LogP contribution is -2.19. The molecule has 0 radical (unpaired) electrons. The van der Waals surface area contributed by atoms with Crippen molar-refractivity contribution in [1.82, 2.24) is 5.32 Å². The minimum absolute atomic E-state index is 0.327. The number of benzene rings is 1. The Hall–Kier alpha value is -0.130. The Morgan fingerprint density at radius 1 is 1.45 bits per heavy atom. The summed E-state index contributed by atoms with van der Waals surface area (Å²) in [5, 5.41) is 4.15. The molecule has 1 aliphatic heterocycles. The largest absolute Gasteiger partial charge is 0.379 e. The molecule has 2 rings (SSSR count). The molecule has 20 heavy (non-hydrogen) atoms. The first-order valence-electron chi connectivity index (χ1n) is 7.09. The number of halogens is 2. The maximum atomic E-state index is 6.05. The fourth-order valence-electron chi connectivity index (χ4n) is 2.17. The van der Waals surface area contributed by atoms with E-state index in [1.54, 1.807) is 0 Å². The number of ether oxygens (including phenoxy) is 2. The molecule has 1 atom stereocenters. The minimum Gasteiger partial charge on any atom is -0.379 e. The van der Waals surface area contributed by atoms with E-state index in [0.29, 0.717) is 6.10 Å². The molecule has 3 nitrogen and oxygen atoms in total. The van der Waals surface area contributed by atoms with Gasteiger partial charge in [-0.15, -0.1) is 0 Å². The monoisotopic (exact) mass is 361 g/mol. The van der Waals surface area contributed by atoms with Gasteiger partial charge in [-0.3, -0.25) is 0 Å². The molecule has 5 heteroatoms. The SMILES string of the molecule is Clc1cc(CNCCCOCC2CCCO2)ccc1Br. The van der Waals surface area contributed by atoms with Crippen LogP contribution in [0.2, 0.25) is 5.02 Å². The average Bonchev–Trinajstić information content (AvgIpc) is 2.95. The fourth-order valence-corrected chi connectivity index (χ4v) is 2.62. The zero-order valence-corrected chi connectivity index (χ0v) is 13.9. The maximum Gasteiger partial charge on any atom is 0.0809 e. The Morgan fingerprint density at radius 3 is 3.10 bits per heavy atom. The Bertz CT molecular complexity index is 411. The number of nitrogens with one attached hydrogen (secondary N) is 1. The van der Waals surface area contributed by atoms with E-state index in [2.05, 4.69) is 27.3 Å². The van der Waals surface area contributed by atoms with Gasteiger partial charge < -0.3 is 14.8 Å². The second kappa shape index (κ2) is 9.00. The molecule has 1 unspecified atom stereocenters. The van der Waals surface area contributed by atoms with Crippen LogP contribution in [0.4, 0.5) is 0 Å². The van der Waals surface area contributed by atoms with Gasteiger partial charge in [0.2, 0.25) is 0 Å². The third kappa shape index (κ3) is 5.70. The molecular formula is C15H21BrClNO2. The molecule has 1 aliphatic rings. The molecule has 0 spiro atoms. The van der Waals surface area contributed by atoms with Crippen molar-refractivity contribution in [2.75, 3.05) is 26.4 Å². The summed E-state index contributed by atoms with van der Waals surface area (Å²) in [6, 6.07) is 6.02. The summed E-state index contributed by atoms with van der Waals surface area (Å²) in [7, 11) is 0. The summed E-state index contributed by atoms with van der Waals surface area (Å²) >= 11 is 9.44. The molecule has 0 saturated carbocycles. The fraction of sp³-hybridized carbons (Fsp3) is 0.600. The summed E-state index contributed by atoms with van der Waals surface area (Å²) in [5.74, 6) is 0. The third-order valence-corrected chi connectivity index (χ3v) is 4.52. The van der Waals surface area contributed by atoms with E-state index in [4.69, 9.17) is 21.1 Å². The maximum absolute atomic E-state index is 6.05. The van der Waals surface area contributed by atoms with Crippen LogP contribution in [0.5, 0.6) is 0 Å². The van der Waals surface area contributed by atoms with Gasteiger partial charge >= 0.3 is 0 Å². The van der Waals surface area contributed by atoms with Gasteiger partial charge in [0.1, 0.15) is 0 Å². The molecule has 0 aromatic heterocycles. The van der Waals surface area contributed by atoms with Crippen LogP contribution in [-0.2, 0) is 16.0 Å². The van der Waals surface area contributed by atoms with Gasteiger partial charge in [0, 0.05) is 24.2 Å². The first-order valence-corrected chi connectivity index (χ1v) is 8.27. The molecular weight excluding hydrogens is 342 g/mol. The molecule has 1 saturated heterocycles. The van der Waals surface area contributed by atoms with E-state index in [0.717, 1.165) is 55.2 Å². The van der Waals surface area contributed by atoms with E-state index in [1.165, 1.54) is 12.0 Å². The van der Waals surface area contributed by atoms with Crippen LogP contribution in [-0.4, -0.2) is 32.5 Å². The van der Waals surface area contributed by atoms with Crippen molar-refractivity contribution in [1.29, 1.82) is 0 Å². The summed E-state index contributed by atoms with van der Waals surface area (Å²) in [4.78, 5) is 0.